The molecular weight excluding hydrogens is 279 g/mol. The molecule has 0 saturated heterocycles. The van der Waals surface area contributed by atoms with E-state index in [1.807, 2.05) is 0 Å². The van der Waals surface area contributed by atoms with Crippen molar-refractivity contribution in [1.82, 2.24) is 0 Å². The first-order chi connectivity index (χ1) is 8.54. The zero-order valence-corrected chi connectivity index (χ0v) is 10.3. The maximum absolute atomic E-state index is 11.0. The number of halogens is 2. The van der Waals surface area contributed by atoms with Crippen LogP contribution >= 0.6 is 23.2 Å². The number of carbonyl (C=O) groups is 2. The van der Waals surface area contributed by atoms with Crippen LogP contribution in [0.3, 0.4) is 0 Å². The Labute approximate surface area is 112 Å². The third-order valence-corrected chi connectivity index (χ3v) is 3.02. The highest BCUT2D eigenvalue weighted by Crippen LogP contribution is 2.35. The molecule has 0 amide bonds. The van der Waals surface area contributed by atoms with Crippen LogP contribution in [0.15, 0.2) is 28.7 Å². The van der Waals surface area contributed by atoms with E-state index in [1.165, 1.54) is 24.3 Å². The topological polar surface area (TPSA) is 67.5 Å². The van der Waals surface area contributed by atoms with Crippen molar-refractivity contribution >= 4 is 35.5 Å². The molecule has 0 aliphatic rings. The molecule has 0 bridgehead atoms. The first-order valence-electron chi connectivity index (χ1n) is 4.81. The summed E-state index contributed by atoms with van der Waals surface area (Å²) < 4.78 is 5.19. The molecule has 0 aliphatic heterocycles. The van der Waals surface area contributed by atoms with Crippen LogP contribution in [0.2, 0.25) is 10.0 Å². The number of furan rings is 1. The Kier molecular flexibility index (Phi) is 3.41. The van der Waals surface area contributed by atoms with Gasteiger partial charge in [-0.1, -0.05) is 23.2 Å². The second kappa shape index (κ2) is 4.84. The van der Waals surface area contributed by atoms with E-state index in [0.29, 0.717) is 17.6 Å². The van der Waals surface area contributed by atoms with Gasteiger partial charge >= 0.3 is 5.97 Å². The summed E-state index contributed by atoms with van der Waals surface area (Å²) in [6.45, 7) is 0. The van der Waals surface area contributed by atoms with Crippen molar-refractivity contribution in [2.45, 2.75) is 0 Å². The lowest BCUT2D eigenvalue weighted by Gasteiger charge is -2.06. The molecule has 1 aromatic heterocycles. The van der Waals surface area contributed by atoms with Crippen LogP contribution in [0.4, 0.5) is 0 Å². The van der Waals surface area contributed by atoms with Crippen molar-refractivity contribution in [2.24, 2.45) is 0 Å². The van der Waals surface area contributed by atoms with Gasteiger partial charge in [-0.25, -0.2) is 4.79 Å². The van der Waals surface area contributed by atoms with E-state index in [0.717, 1.165) is 0 Å². The Morgan fingerprint density at radius 2 is 1.94 bits per heavy atom. The van der Waals surface area contributed by atoms with Crippen molar-refractivity contribution in [1.29, 1.82) is 0 Å². The van der Waals surface area contributed by atoms with Crippen LogP contribution in [-0.2, 0) is 0 Å². The second-order valence-electron chi connectivity index (χ2n) is 3.41. The zero-order chi connectivity index (χ0) is 13.3. The third kappa shape index (κ3) is 2.12. The highest BCUT2D eigenvalue weighted by Gasteiger charge is 2.19. The van der Waals surface area contributed by atoms with Crippen molar-refractivity contribution in [3.63, 3.8) is 0 Å². The minimum Gasteiger partial charge on any atom is -0.478 e. The zero-order valence-electron chi connectivity index (χ0n) is 8.81. The van der Waals surface area contributed by atoms with Crippen LogP contribution in [0.1, 0.15) is 20.9 Å². The molecule has 0 radical (unpaired) electrons. The first-order valence-corrected chi connectivity index (χ1v) is 5.57. The Morgan fingerprint density at radius 3 is 2.50 bits per heavy atom. The van der Waals surface area contributed by atoms with Gasteiger partial charge in [-0.05, 0) is 24.3 Å². The van der Waals surface area contributed by atoms with Gasteiger partial charge in [0.15, 0.2) is 12.0 Å². The number of aldehydes is 1. The van der Waals surface area contributed by atoms with Gasteiger partial charge in [-0.3, -0.25) is 4.79 Å². The van der Waals surface area contributed by atoms with Gasteiger partial charge in [0.05, 0.1) is 15.6 Å². The minimum absolute atomic E-state index is 0.0261. The van der Waals surface area contributed by atoms with Crippen molar-refractivity contribution < 1.29 is 19.1 Å². The molecule has 2 rings (SSSR count). The molecule has 92 valence electrons. The molecule has 2 aromatic rings. The summed E-state index contributed by atoms with van der Waals surface area (Å²) in [7, 11) is 0. The Balaban J connectivity index is 2.62. The molecule has 6 heteroatoms. The Morgan fingerprint density at radius 1 is 1.22 bits per heavy atom. The molecule has 1 N–H and O–H groups in total. The lowest BCUT2D eigenvalue weighted by molar-refractivity contribution is 0.0697. The van der Waals surface area contributed by atoms with E-state index in [2.05, 4.69) is 0 Å². The summed E-state index contributed by atoms with van der Waals surface area (Å²) in [5, 5.41) is 9.03. The summed E-state index contributed by atoms with van der Waals surface area (Å²) in [5.74, 6) is -0.789. The lowest BCUT2D eigenvalue weighted by Crippen LogP contribution is -1.99. The average molecular weight is 285 g/mol. The maximum Gasteiger partial charge on any atom is 0.338 e. The van der Waals surface area contributed by atoms with Crippen molar-refractivity contribution in [3.8, 4) is 11.3 Å². The fourth-order valence-corrected chi connectivity index (χ4v) is 2.13. The summed E-state index contributed by atoms with van der Waals surface area (Å²) in [6, 6.07) is 5.94. The maximum atomic E-state index is 11.0. The highest BCUT2D eigenvalue weighted by atomic mass is 35.5. The summed E-state index contributed by atoms with van der Waals surface area (Å²) in [5.41, 5.74) is 0.173. The van der Waals surface area contributed by atoms with E-state index >= 15 is 0 Å². The Bertz CT molecular complexity index is 631. The van der Waals surface area contributed by atoms with E-state index in [-0.39, 0.29) is 21.4 Å². The molecule has 18 heavy (non-hydrogen) atoms. The fraction of sp³-hybridized carbons (Fsp3) is 0. The molecule has 0 atom stereocenters. The van der Waals surface area contributed by atoms with Gasteiger partial charge in [-0.2, -0.15) is 0 Å². The van der Waals surface area contributed by atoms with E-state index in [4.69, 9.17) is 32.7 Å². The summed E-state index contributed by atoms with van der Waals surface area (Å²) in [4.78, 5) is 21.6. The third-order valence-electron chi connectivity index (χ3n) is 2.31. The standard InChI is InChI=1S/C12H6Cl2O4/c13-8-3-2-7(11(14)10(8)12(16)17)9-4-1-6(5-15)18-9/h1-5H,(H,16,17). The molecule has 0 saturated carbocycles. The number of carbonyl (C=O) groups excluding carboxylic acids is 1. The smallest absolute Gasteiger partial charge is 0.338 e. The number of aromatic carboxylic acids is 1. The number of benzene rings is 1. The monoisotopic (exact) mass is 284 g/mol. The largest absolute Gasteiger partial charge is 0.478 e. The van der Waals surface area contributed by atoms with Crippen molar-refractivity contribution in [3.05, 3.63) is 45.6 Å². The molecule has 1 aromatic carbocycles. The van der Waals surface area contributed by atoms with Crippen LogP contribution in [-0.4, -0.2) is 17.4 Å². The second-order valence-corrected chi connectivity index (χ2v) is 4.19. The average Bonchev–Trinajstić information content (AvgIpc) is 2.77. The molecule has 1 heterocycles. The molecule has 0 fully saturated rings. The van der Waals surface area contributed by atoms with E-state index in [9.17, 15) is 9.59 Å². The van der Waals surface area contributed by atoms with Gasteiger partial charge in [0.25, 0.3) is 0 Å². The normalized spacial score (nSPS) is 10.3. The molecule has 4 nitrogen and oxygen atoms in total. The quantitative estimate of drug-likeness (QED) is 0.872. The van der Waals surface area contributed by atoms with Gasteiger partial charge < -0.3 is 9.52 Å². The predicted molar refractivity (Wildman–Crippen MR) is 66.5 cm³/mol. The van der Waals surface area contributed by atoms with Crippen molar-refractivity contribution in [2.75, 3.05) is 0 Å². The summed E-state index contributed by atoms with van der Waals surface area (Å²) >= 11 is 11.7. The molecule has 0 aliphatic carbocycles. The van der Waals surface area contributed by atoms with Gasteiger partial charge in [0.1, 0.15) is 5.76 Å². The highest BCUT2D eigenvalue weighted by molar-refractivity contribution is 6.40. The predicted octanol–water partition coefficient (Wildman–Crippen LogP) is 3.76. The lowest BCUT2D eigenvalue weighted by atomic mass is 10.1. The Hall–Kier alpha value is -1.78. The van der Waals surface area contributed by atoms with Crippen LogP contribution in [0.5, 0.6) is 0 Å². The fourth-order valence-electron chi connectivity index (χ4n) is 1.50. The molecule has 0 unspecified atom stereocenters. The first kappa shape index (κ1) is 12.7. The molecule has 0 spiro atoms. The van der Waals surface area contributed by atoms with Gasteiger partial charge in [0.2, 0.25) is 0 Å². The van der Waals surface area contributed by atoms with Crippen LogP contribution < -0.4 is 0 Å². The number of carboxylic acid groups (broad SMARTS) is 1. The SMILES string of the molecule is O=Cc1ccc(-c2ccc(Cl)c(C(=O)O)c2Cl)o1. The van der Waals surface area contributed by atoms with E-state index < -0.39 is 5.97 Å². The number of hydrogen-bond acceptors (Lipinski definition) is 3. The number of carboxylic acids is 1. The van der Waals surface area contributed by atoms with Crippen LogP contribution in [0.25, 0.3) is 11.3 Å². The van der Waals surface area contributed by atoms with Crippen LogP contribution in [0, 0.1) is 0 Å². The molecular formula is C12H6Cl2O4. The number of hydrogen-bond donors (Lipinski definition) is 1. The van der Waals surface area contributed by atoms with E-state index in [1.54, 1.807) is 0 Å². The minimum atomic E-state index is -1.23. The number of rotatable bonds is 3. The van der Waals surface area contributed by atoms with Gasteiger partial charge in [0, 0.05) is 5.56 Å². The van der Waals surface area contributed by atoms with Gasteiger partial charge in [-0.15, -0.1) is 0 Å². The summed E-state index contributed by atoms with van der Waals surface area (Å²) in [6.07, 6.45) is 0.547.